The van der Waals surface area contributed by atoms with E-state index in [-0.39, 0.29) is 81.7 Å². The van der Waals surface area contributed by atoms with Gasteiger partial charge >= 0.3 is 6.01 Å². The molecule has 0 unspecified atom stereocenters. The molecule has 0 bridgehead atoms. The van der Waals surface area contributed by atoms with Gasteiger partial charge < -0.3 is 34.1 Å². The van der Waals surface area contributed by atoms with E-state index >= 15 is 8.78 Å². The number of methoxy groups -OCH3 is 2. The Kier molecular flexibility index (Phi) is 9.75. The number of fused-ring (bicyclic) bond motifs is 3. The molecule has 8 rings (SSSR count). The van der Waals surface area contributed by atoms with Gasteiger partial charge in [0.1, 0.15) is 39.6 Å². The van der Waals surface area contributed by atoms with Crippen molar-refractivity contribution in [1.29, 1.82) is 0 Å². The first kappa shape index (κ1) is 36.6. The number of pyridine rings is 1. The lowest BCUT2D eigenvalue weighted by atomic mass is 9.74. The Balaban J connectivity index is 1.24. The number of anilines is 1. The Morgan fingerprint density at radius 1 is 1.07 bits per heavy atom. The Morgan fingerprint density at radius 2 is 1.89 bits per heavy atom. The van der Waals surface area contributed by atoms with Crippen LogP contribution in [0, 0.1) is 35.3 Å². The molecule has 54 heavy (non-hydrogen) atoms. The van der Waals surface area contributed by atoms with Gasteiger partial charge in [0.15, 0.2) is 5.82 Å². The van der Waals surface area contributed by atoms with E-state index in [0.717, 1.165) is 58.0 Å². The van der Waals surface area contributed by atoms with Gasteiger partial charge in [0, 0.05) is 42.6 Å². The third-order valence-electron chi connectivity index (χ3n) is 12.0. The van der Waals surface area contributed by atoms with Gasteiger partial charge in [-0.05, 0) is 81.5 Å². The van der Waals surface area contributed by atoms with Crippen LogP contribution in [-0.2, 0) is 9.47 Å². The fraction of sp³-hybridized carbons (Fsp3) is 0.537. The maximum atomic E-state index is 17.3. The van der Waals surface area contributed by atoms with Crippen molar-refractivity contribution in [3.8, 4) is 41.2 Å². The van der Waals surface area contributed by atoms with Crippen LogP contribution < -0.4 is 14.4 Å². The molecule has 2 saturated carbocycles. The van der Waals surface area contributed by atoms with E-state index in [1.807, 2.05) is 4.90 Å². The molecule has 13 heteroatoms. The Morgan fingerprint density at radius 3 is 2.67 bits per heavy atom. The minimum atomic E-state index is -1.24. The van der Waals surface area contributed by atoms with Gasteiger partial charge in [0.05, 0.1) is 45.1 Å². The lowest BCUT2D eigenvalue weighted by molar-refractivity contribution is -0.0457. The predicted molar refractivity (Wildman–Crippen MR) is 200 cm³/mol. The first-order valence-electron chi connectivity index (χ1n) is 18.8. The second-order valence-corrected chi connectivity index (χ2v) is 15.8. The molecule has 3 atom stereocenters. The summed E-state index contributed by atoms with van der Waals surface area (Å²) < 4.78 is 56.0. The van der Waals surface area contributed by atoms with Crippen LogP contribution in [0.2, 0.25) is 0 Å². The minimum absolute atomic E-state index is 0.00742. The van der Waals surface area contributed by atoms with Crippen molar-refractivity contribution in [2.75, 3.05) is 65.1 Å². The van der Waals surface area contributed by atoms with Crippen molar-refractivity contribution in [3.05, 3.63) is 41.5 Å². The molecule has 4 heterocycles. The molecular weight excluding hydrogens is 696 g/mol. The predicted octanol–water partition coefficient (Wildman–Crippen LogP) is 5.84. The number of aromatic hydroxyl groups is 1. The molecule has 286 valence electrons. The summed E-state index contributed by atoms with van der Waals surface area (Å²) in [6, 6.07) is 5.75. The van der Waals surface area contributed by atoms with Crippen LogP contribution in [-0.4, -0.2) is 108 Å². The normalized spacial score (nSPS) is 27.4. The zero-order chi connectivity index (χ0) is 37.8. The first-order chi connectivity index (χ1) is 26.0. The summed E-state index contributed by atoms with van der Waals surface area (Å²) in [4.78, 5) is 18.6. The molecule has 11 nitrogen and oxygen atoms in total. The molecule has 2 aromatic carbocycles. The third kappa shape index (κ3) is 6.57. The number of aliphatic hydroxyl groups is 1. The van der Waals surface area contributed by atoms with Crippen molar-refractivity contribution in [1.82, 2.24) is 19.9 Å². The first-order valence-corrected chi connectivity index (χ1v) is 18.8. The number of aromatic nitrogens is 3. The van der Waals surface area contributed by atoms with E-state index in [1.165, 1.54) is 31.4 Å². The molecule has 4 fully saturated rings. The number of ether oxygens (including phenoxy) is 4. The SMILES string of the molecule is C#Cc1c(F)ccc2cc(O)cc(-c3nc(OC)c4c(N5CCOC[C@@](C)(O)C5)nc(OC[C@]56CCC[C@H]5N(CC5CC(OC)C5)CCC6)nc4c3F)c12. The van der Waals surface area contributed by atoms with Gasteiger partial charge in [-0.2, -0.15) is 9.97 Å². The van der Waals surface area contributed by atoms with Crippen LogP contribution in [0.25, 0.3) is 32.9 Å². The molecule has 0 spiro atoms. The van der Waals surface area contributed by atoms with Crippen LogP contribution >= 0.6 is 0 Å². The largest absolute Gasteiger partial charge is 0.508 e. The van der Waals surface area contributed by atoms with Crippen LogP contribution in [0.1, 0.15) is 57.4 Å². The summed E-state index contributed by atoms with van der Waals surface area (Å²) >= 11 is 0. The molecule has 2 N–H and O–H groups in total. The Hall–Kier alpha value is -4.35. The maximum absolute atomic E-state index is 17.3. The number of terminal acetylenes is 1. The summed E-state index contributed by atoms with van der Waals surface area (Å²) in [5.41, 5.74) is -1.74. The van der Waals surface area contributed by atoms with Crippen LogP contribution in [0.4, 0.5) is 14.6 Å². The number of rotatable bonds is 9. The highest BCUT2D eigenvalue weighted by atomic mass is 19.1. The zero-order valence-electron chi connectivity index (χ0n) is 31.0. The summed E-state index contributed by atoms with van der Waals surface area (Å²) in [5, 5.41) is 22.7. The quantitative estimate of drug-likeness (QED) is 0.201. The second kappa shape index (κ2) is 14.4. The summed E-state index contributed by atoms with van der Waals surface area (Å²) in [6.45, 7) is 5.00. The monoisotopic (exact) mass is 743 g/mol. The highest BCUT2D eigenvalue weighted by molar-refractivity contribution is 6.04. The molecule has 2 aromatic heterocycles. The number of phenolic OH excluding ortho intramolecular Hbond substituents is 1. The third-order valence-corrected chi connectivity index (χ3v) is 12.0. The van der Waals surface area contributed by atoms with E-state index in [9.17, 15) is 10.2 Å². The summed E-state index contributed by atoms with van der Waals surface area (Å²) in [7, 11) is 3.19. The number of piperidine rings is 1. The molecule has 0 radical (unpaired) electrons. The Bertz CT molecular complexity index is 2120. The minimum Gasteiger partial charge on any atom is -0.508 e. The van der Waals surface area contributed by atoms with Gasteiger partial charge in [-0.25, -0.2) is 13.8 Å². The van der Waals surface area contributed by atoms with Crippen LogP contribution in [0.15, 0.2) is 24.3 Å². The molecular formula is C41H47F2N5O6. The van der Waals surface area contributed by atoms with Gasteiger partial charge in [-0.15, -0.1) is 6.42 Å². The average Bonchev–Trinajstić information content (AvgIpc) is 3.49. The number of phenols is 1. The summed E-state index contributed by atoms with van der Waals surface area (Å²) in [6.07, 6.45) is 13.6. The van der Waals surface area contributed by atoms with E-state index in [2.05, 4.69) is 15.8 Å². The molecule has 2 saturated heterocycles. The molecule has 0 amide bonds. The van der Waals surface area contributed by atoms with E-state index in [0.29, 0.717) is 36.6 Å². The van der Waals surface area contributed by atoms with Crippen molar-refractivity contribution < 1.29 is 37.9 Å². The fourth-order valence-electron chi connectivity index (χ4n) is 9.45. The highest BCUT2D eigenvalue weighted by Crippen LogP contribution is 2.49. The Labute approximate surface area is 313 Å². The number of hydrogen-bond acceptors (Lipinski definition) is 11. The fourth-order valence-corrected chi connectivity index (χ4v) is 9.45. The van der Waals surface area contributed by atoms with E-state index in [1.54, 1.807) is 14.0 Å². The number of hydrogen-bond donors (Lipinski definition) is 2. The van der Waals surface area contributed by atoms with Crippen molar-refractivity contribution in [3.63, 3.8) is 0 Å². The molecule has 4 aliphatic rings. The van der Waals surface area contributed by atoms with Gasteiger partial charge in [0.25, 0.3) is 0 Å². The molecule has 2 aliphatic heterocycles. The second-order valence-electron chi connectivity index (χ2n) is 15.8. The van der Waals surface area contributed by atoms with Crippen molar-refractivity contribution >= 4 is 27.5 Å². The number of halogens is 2. The van der Waals surface area contributed by atoms with Crippen LogP contribution in [0.3, 0.4) is 0 Å². The number of benzene rings is 2. The van der Waals surface area contributed by atoms with Gasteiger partial charge in [-0.1, -0.05) is 18.4 Å². The van der Waals surface area contributed by atoms with Gasteiger partial charge in [-0.3, -0.25) is 4.90 Å². The van der Waals surface area contributed by atoms with E-state index < -0.39 is 17.2 Å². The zero-order valence-corrected chi connectivity index (χ0v) is 31.0. The van der Waals surface area contributed by atoms with Crippen LogP contribution in [0.5, 0.6) is 17.6 Å². The lowest BCUT2D eigenvalue weighted by Gasteiger charge is -2.48. The highest BCUT2D eigenvalue weighted by Gasteiger charge is 2.49. The van der Waals surface area contributed by atoms with Gasteiger partial charge in [0.2, 0.25) is 5.88 Å². The molecule has 4 aromatic rings. The maximum Gasteiger partial charge on any atom is 0.319 e. The smallest absolute Gasteiger partial charge is 0.319 e. The summed E-state index contributed by atoms with van der Waals surface area (Å²) in [5.74, 6) is 1.57. The number of likely N-dealkylation sites (tertiary alicyclic amines) is 1. The molecule has 2 aliphatic carbocycles. The van der Waals surface area contributed by atoms with Crippen molar-refractivity contribution in [2.24, 2.45) is 11.3 Å². The topological polar surface area (TPSA) is 123 Å². The number of β-amino-alcohol motifs (C(OH)–C–C–N with tert-alkyl or cyclic N) is 1. The van der Waals surface area contributed by atoms with Crippen molar-refractivity contribution in [2.45, 2.75) is 69.6 Å². The van der Waals surface area contributed by atoms with E-state index in [4.69, 9.17) is 35.3 Å². The number of nitrogens with zero attached hydrogens (tertiary/aromatic N) is 5. The lowest BCUT2D eigenvalue weighted by Crippen LogP contribution is -2.54. The average molecular weight is 744 g/mol. The standard InChI is InChI=1S/C41H47F2N5O6/c1-5-28-30(42)10-9-25-18-26(49)19-29(32(25)28)35-34(43)36-33(38(44-35)52-4)37(48-14-15-53-22-40(2,50)21-48)46-39(45-36)54-23-41-11-6-8-31(41)47(13-7-12-41)20-24-16-27(17-24)51-3/h1,9-10,18-19,24,27,31,49-50H,6-8,11-17,20-23H2,2-4H3/t24?,27?,31-,40+,41-/m1/s1.